The lowest BCUT2D eigenvalue weighted by Gasteiger charge is -2.21. The second-order valence-electron chi connectivity index (χ2n) is 4.29. The number of halogens is 2. The summed E-state index contributed by atoms with van der Waals surface area (Å²) < 4.78 is 27.6. The minimum Gasteiger partial charge on any atom is -0.508 e. The molecule has 3 N–H and O–H groups in total. The topological polar surface area (TPSA) is 83.6 Å². The lowest BCUT2D eigenvalue weighted by atomic mass is 10.3. The van der Waals surface area contributed by atoms with Crippen molar-refractivity contribution in [1.82, 2.24) is 0 Å². The Bertz CT molecular complexity index is 753. The number of nitrogens with two attached hydrogens (primary N) is 1. The van der Waals surface area contributed by atoms with Gasteiger partial charge in [0.2, 0.25) is 0 Å². The van der Waals surface area contributed by atoms with Crippen LogP contribution in [0.3, 0.4) is 0 Å². The number of hydrogen-bond acceptors (Lipinski definition) is 4. The number of nitrogen functional groups attached to an aromatic ring is 1. The van der Waals surface area contributed by atoms with E-state index in [1.807, 2.05) is 0 Å². The van der Waals surface area contributed by atoms with Crippen LogP contribution in [0.1, 0.15) is 0 Å². The molecule has 0 amide bonds. The zero-order valence-corrected chi connectivity index (χ0v) is 14.9. The van der Waals surface area contributed by atoms with Crippen LogP contribution < -0.4 is 10.0 Å². The fourth-order valence-corrected chi connectivity index (χ4v) is 5.00. The van der Waals surface area contributed by atoms with E-state index in [1.165, 1.54) is 37.4 Å². The number of rotatable bonds is 3. The molecule has 8 heteroatoms. The van der Waals surface area contributed by atoms with Gasteiger partial charge in [0.1, 0.15) is 10.6 Å². The van der Waals surface area contributed by atoms with Crippen LogP contribution >= 0.6 is 31.9 Å². The van der Waals surface area contributed by atoms with Gasteiger partial charge in [-0.15, -0.1) is 0 Å². The van der Waals surface area contributed by atoms with Crippen LogP contribution in [0.2, 0.25) is 0 Å². The minimum atomic E-state index is -3.82. The lowest BCUT2D eigenvalue weighted by molar-refractivity contribution is 0.475. The van der Waals surface area contributed by atoms with Gasteiger partial charge in [-0.25, -0.2) is 8.42 Å². The van der Waals surface area contributed by atoms with Crippen molar-refractivity contribution in [3.05, 3.63) is 45.3 Å². The van der Waals surface area contributed by atoms with E-state index in [0.717, 1.165) is 4.31 Å². The molecule has 21 heavy (non-hydrogen) atoms. The van der Waals surface area contributed by atoms with E-state index < -0.39 is 10.0 Å². The summed E-state index contributed by atoms with van der Waals surface area (Å²) in [6.45, 7) is 0. The Morgan fingerprint density at radius 3 is 2.24 bits per heavy atom. The number of hydrogen-bond donors (Lipinski definition) is 2. The third-order valence-electron chi connectivity index (χ3n) is 2.87. The second kappa shape index (κ2) is 5.86. The van der Waals surface area contributed by atoms with Gasteiger partial charge >= 0.3 is 0 Å². The summed E-state index contributed by atoms with van der Waals surface area (Å²) in [7, 11) is -2.40. The number of sulfonamides is 1. The largest absolute Gasteiger partial charge is 0.508 e. The van der Waals surface area contributed by atoms with Crippen LogP contribution in [0.25, 0.3) is 0 Å². The summed E-state index contributed by atoms with van der Waals surface area (Å²) in [6, 6.07) is 9.00. The van der Waals surface area contributed by atoms with Crippen molar-refractivity contribution < 1.29 is 13.5 Å². The first-order valence-corrected chi connectivity index (χ1v) is 8.78. The number of benzene rings is 2. The fourth-order valence-electron chi connectivity index (χ4n) is 1.79. The molecular weight excluding hydrogens is 424 g/mol. The summed E-state index contributed by atoms with van der Waals surface area (Å²) in [5.74, 6) is 0.0638. The monoisotopic (exact) mass is 434 g/mol. The molecular formula is C13H12Br2N2O3S. The van der Waals surface area contributed by atoms with Crippen molar-refractivity contribution in [1.29, 1.82) is 0 Å². The van der Waals surface area contributed by atoms with Gasteiger partial charge in [-0.05, 0) is 52.3 Å². The zero-order valence-electron chi connectivity index (χ0n) is 10.9. The Morgan fingerprint density at radius 2 is 1.71 bits per heavy atom. The average molecular weight is 436 g/mol. The maximum atomic E-state index is 12.7. The van der Waals surface area contributed by atoms with Crippen molar-refractivity contribution in [2.75, 3.05) is 17.1 Å². The lowest BCUT2D eigenvalue weighted by Crippen LogP contribution is -2.27. The highest BCUT2D eigenvalue weighted by molar-refractivity contribution is 9.11. The van der Waals surface area contributed by atoms with E-state index in [0.29, 0.717) is 14.6 Å². The number of aromatic hydroxyl groups is 1. The molecule has 0 heterocycles. The molecule has 0 aromatic heterocycles. The first-order chi connectivity index (χ1) is 9.73. The summed E-state index contributed by atoms with van der Waals surface area (Å²) in [6.07, 6.45) is 0. The molecule has 0 radical (unpaired) electrons. The van der Waals surface area contributed by atoms with Crippen molar-refractivity contribution in [3.8, 4) is 5.75 Å². The number of anilines is 2. The highest BCUT2D eigenvalue weighted by atomic mass is 79.9. The van der Waals surface area contributed by atoms with Gasteiger partial charge in [0.25, 0.3) is 10.0 Å². The van der Waals surface area contributed by atoms with Crippen LogP contribution in [0.4, 0.5) is 11.4 Å². The Balaban J connectivity index is 2.54. The molecule has 112 valence electrons. The molecule has 0 unspecified atom stereocenters. The quantitative estimate of drug-likeness (QED) is 0.724. The zero-order chi connectivity index (χ0) is 15.8. The van der Waals surface area contributed by atoms with Crippen LogP contribution in [-0.4, -0.2) is 20.6 Å². The molecule has 2 aromatic carbocycles. The van der Waals surface area contributed by atoms with Crippen molar-refractivity contribution >= 4 is 53.3 Å². The van der Waals surface area contributed by atoms with Crippen LogP contribution in [0.15, 0.2) is 50.2 Å². The molecule has 0 aliphatic carbocycles. The Morgan fingerprint density at radius 1 is 1.14 bits per heavy atom. The van der Waals surface area contributed by atoms with E-state index in [1.54, 1.807) is 6.07 Å². The van der Waals surface area contributed by atoms with Gasteiger partial charge < -0.3 is 10.8 Å². The van der Waals surface area contributed by atoms with E-state index in [9.17, 15) is 13.5 Å². The van der Waals surface area contributed by atoms with Crippen molar-refractivity contribution in [2.45, 2.75) is 4.90 Å². The summed E-state index contributed by atoms with van der Waals surface area (Å²) in [5.41, 5.74) is 6.40. The maximum Gasteiger partial charge on any atom is 0.267 e. The van der Waals surface area contributed by atoms with E-state index >= 15 is 0 Å². The van der Waals surface area contributed by atoms with E-state index in [-0.39, 0.29) is 16.3 Å². The molecule has 0 saturated heterocycles. The molecule has 0 saturated carbocycles. The summed E-state index contributed by atoms with van der Waals surface area (Å²) in [5, 5.41) is 9.28. The van der Waals surface area contributed by atoms with Gasteiger partial charge in [0, 0.05) is 16.0 Å². The minimum absolute atomic E-state index is 0.00118. The van der Waals surface area contributed by atoms with E-state index in [2.05, 4.69) is 31.9 Å². The van der Waals surface area contributed by atoms with Gasteiger partial charge in [0.05, 0.1) is 11.4 Å². The SMILES string of the molecule is CN(c1ccc(O)cc1)S(=O)(=O)c1c(N)cc(Br)cc1Br. The van der Waals surface area contributed by atoms with Gasteiger partial charge in [-0.2, -0.15) is 0 Å². The third kappa shape index (κ3) is 3.17. The summed E-state index contributed by atoms with van der Waals surface area (Å²) in [4.78, 5) is 0.00118. The number of phenolic OH excluding ortho intramolecular Hbond substituents is 1. The first-order valence-electron chi connectivity index (χ1n) is 5.76. The maximum absolute atomic E-state index is 12.7. The molecule has 0 aliphatic rings. The molecule has 2 aromatic rings. The Labute approximate surface area is 139 Å². The smallest absolute Gasteiger partial charge is 0.267 e. The molecule has 2 rings (SSSR count). The standard InChI is InChI=1S/C13H12Br2N2O3S/c1-17(9-2-4-10(18)5-3-9)21(19,20)13-11(15)6-8(14)7-12(13)16/h2-7,18H,16H2,1H3. The first kappa shape index (κ1) is 16.1. The summed E-state index contributed by atoms with van der Waals surface area (Å²) >= 11 is 6.49. The predicted molar refractivity (Wildman–Crippen MR) is 90.0 cm³/mol. The van der Waals surface area contributed by atoms with Crippen LogP contribution in [0, 0.1) is 0 Å². The number of nitrogens with zero attached hydrogens (tertiary/aromatic N) is 1. The predicted octanol–water partition coefficient (Wildman–Crippen LogP) is 3.32. The highest BCUT2D eigenvalue weighted by Gasteiger charge is 2.26. The van der Waals surface area contributed by atoms with E-state index in [4.69, 9.17) is 5.73 Å². The highest BCUT2D eigenvalue weighted by Crippen LogP contribution is 2.34. The second-order valence-corrected chi connectivity index (χ2v) is 7.97. The molecule has 0 aliphatic heterocycles. The van der Waals surface area contributed by atoms with Crippen LogP contribution in [0.5, 0.6) is 5.75 Å². The molecule has 5 nitrogen and oxygen atoms in total. The van der Waals surface area contributed by atoms with Gasteiger partial charge in [0.15, 0.2) is 0 Å². The third-order valence-corrected chi connectivity index (χ3v) is 6.12. The van der Waals surface area contributed by atoms with Crippen molar-refractivity contribution in [2.24, 2.45) is 0 Å². The molecule has 0 atom stereocenters. The number of phenols is 1. The Kier molecular flexibility index (Phi) is 4.50. The van der Waals surface area contributed by atoms with Crippen LogP contribution in [-0.2, 0) is 10.0 Å². The van der Waals surface area contributed by atoms with Gasteiger partial charge in [-0.1, -0.05) is 15.9 Å². The fraction of sp³-hybridized carbons (Fsp3) is 0.0769. The van der Waals surface area contributed by atoms with Gasteiger partial charge in [-0.3, -0.25) is 4.31 Å². The van der Waals surface area contributed by atoms with Crippen molar-refractivity contribution in [3.63, 3.8) is 0 Å². The average Bonchev–Trinajstić information content (AvgIpc) is 2.37. The molecule has 0 spiro atoms. The normalized spacial score (nSPS) is 11.4. The molecule has 0 fully saturated rings. The molecule has 0 bridgehead atoms. The Hall–Kier alpha value is -1.25.